The molecular formula is C13H20ClNS. The summed E-state index contributed by atoms with van der Waals surface area (Å²) in [5.41, 5.74) is 1.40. The van der Waals surface area contributed by atoms with Gasteiger partial charge in [-0.1, -0.05) is 25.0 Å². The van der Waals surface area contributed by atoms with Crippen LogP contribution in [0.25, 0.3) is 0 Å². The summed E-state index contributed by atoms with van der Waals surface area (Å²) in [5.74, 6) is 0. The van der Waals surface area contributed by atoms with E-state index in [-0.39, 0.29) is 12.4 Å². The fraction of sp³-hybridized carbons (Fsp3) is 0.538. The number of rotatable bonds is 4. The Morgan fingerprint density at radius 1 is 1.19 bits per heavy atom. The van der Waals surface area contributed by atoms with Crippen LogP contribution in [0.1, 0.15) is 31.2 Å². The molecule has 1 aliphatic carbocycles. The summed E-state index contributed by atoms with van der Waals surface area (Å²) in [6.07, 6.45) is 7.66. The minimum atomic E-state index is 0. The highest BCUT2D eigenvalue weighted by Crippen LogP contribution is 2.19. The Hall–Kier alpha value is -0.180. The third kappa shape index (κ3) is 4.00. The van der Waals surface area contributed by atoms with E-state index in [2.05, 4.69) is 35.8 Å². The Morgan fingerprint density at radius 3 is 2.38 bits per heavy atom. The van der Waals surface area contributed by atoms with Crippen LogP contribution in [0.4, 0.5) is 0 Å². The van der Waals surface area contributed by atoms with E-state index in [1.165, 1.54) is 36.1 Å². The van der Waals surface area contributed by atoms with Gasteiger partial charge in [0.15, 0.2) is 0 Å². The van der Waals surface area contributed by atoms with Crippen LogP contribution in [-0.4, -0.2) is 12.3 Å². The normalized spacial score (nSPS) is 16.1. The van der Waals surface area contributed by atoms with Crippen molar-refractivity contribution in [1.29, 1.82) is 0 Å². The topological polar surface area (TPSA) is 12.0 Å². The van der Waals surface area contributed by atoms with Crippen LogP contribution in [-0.2, 0) is 6.54 Å². The molecule has 1 nitrogen and oxygen atoms in total. The van der Waals surface area contributed by atoms with Crippen molar-refractivity contribution >= 4 is 24.2 Å². The zero-order valence-corrected chi connectivity index (χ0v) is 11.4. The van der Waals surface area contributed by atoms with Crippen molar-refractivity contribution in [2.75, 3.05) is 6.26 Å². The fourth-order valence-corrected chi connectivity index (χ4v) is 2.54. The van der Waals surface area contributed by atoms with Gasteiger partial charge in [-0.2, -0.15) is 0 Å². The summed E-state index contributed by atoms with van der Waals surface area (Å²) < 4.78 is 0. The molecule has 1 aliphatic rings. The van der Waals surface area contributed by atoms with Gasteiger partial charge < -0.3 is 5.32 Å². The highest BCUT2D eigenvalue weighted by Gasteiger charge is 2.13. The van der Waals surface area contributed by atoms with E-state index in [1.807, 2.05) is 0 Å². The van der Waals surface area contributed by atoms with Gasteiger partial charge in [0.2, 0.25) is 0 Å². The van der Waals surface area contributed by atoms with E-state index in [0.717, 1.165) is 12.6 Å². The van der Waals surface area contributed by atoms with Crippen LogP contribution in [0.15, 0.2) is 29.2 Å². The lowest BCUT2D eigenvalue weighted by molar-refractivity contribution is 0.524. The van der Waals surface area contributed by atoms with Crippen molar-refractivity contribution in [3.8, 4) is 0 Å². The predicted molar refractivity (Wildman–Crippen MR) is 74.6 cm³/mol. The molecule has 1 aromatic carbocycles. The molecule has 0 spiro atoms. The molecule has 16 heavy (non-hydrogen) atoms. The first-order valence-corrected chi connectivity index (χ1v) is 6.97. The van der Waals surface area contributed by atoms with Crippen molar-refractivity contribution in [2.45, 2.75) is 43.2 Å². The smallest absolute Gasteiger partial charge is 0.0208 e. The molecule has 1 N–H and O–H groups in total. The number of benzene rings is 1. The molecule has 0 bridgehead atoms. The summed E-state index contributed by atoms with van der Waals surface area (Å²) in [5, 5.41) is 3.63. The van der Waals surface area contributed by atoms with Crippen LogP contribution in [0.3, 0.4) is 0 Å². The van der Waals surface area contributed by atoms with Gasteiger partial charge in [-0.3, -0.25) is 0 Å². The number of nitrogens with one attached hydrogen (secondary N) is 1. The van der Waals surface area contributed by atoms with Gasteiger partial charge in [0, 0.05) is 17.5 Å². The summed E-state index contributed by atoms with van der Waals surface area (Å²) >= 11 is 1.80. The second-order valence-electron chi connectivity index (χ2n) is 4.21. The Labute approximate surface area is 109 Å². The molecule has 0 unspecified atom stereocenters. The Morgan fingerprint density at radius 2 is 1.81 bits per heavy atom. The maximum atomic E-state index is 3.63. The van der Waals surface area contributed by atoms with Gasteiger partial charge in [0.1, 0.15) is 0 Å². The van der Waals surface area contributed by atoms with Crippen molar-refractivity contribution in [2.24, 2.45) is 0 Å². The Kier molecular flexibility index (Phi) is 6.25. The van der Waals surface area contributed by atoms with Crippen LogP contribution < -0.4 is 5.32 Å². The van der Waals surface area contributed by atoms with E-state index in [9.17, 15) is 0 Å². The van der Waals surface area contributed by atoms with E-state index in [4.69, 9.17) is 0 Å². The number of hydrogen-bond donors (Lipinski definition) is 1. The molecule has 0 atom stereocenters. The molecule has 0 aromatic heterocycles. The monoisotopic (exact) mass is 257 g/mol. The largest absolute Gasteiger partial charge is 0.310 e. The van der Waals surface area contributed by atoms with Crippen molar-refractivity contribution < 1.29 is 0 Å². The zero-order chi connectivity index (χ0) is 10.5. The summed E-state index contributed by atoms with van der Waals surface area (Å²) in [6.45, 7) is 1.03. The lowest BCUT2D eigenvalue weighted by Gasteiger charge is -2.11. The SMILES string of the molecule is CSc1ccc(CNC2CCCC2)cc1.Cl. The highest BCUT2D eigenvalue weighted by molar-refractivity contribution is 7.98. The van der Waals surface area contributed by atoms with E-state index in [0.29, 0.717) is 0 Å². The average Bonchev–Trinajstić information content (AvgIpc) is 2.80. The Bertz CT molecular complexity index is 293. The van der Waals surface area contributed by atoms with Crippen LogP contribution in [0.2, 0.25) is 0 Å². The van der Waals surface area contributed by atoms with Gasteiger partial charge in [-0.15, -0.1) is 24.2 Å². The zero-order valence-electron chi connectivity index (χ0n) is 9.74. The summed E-state index contributed by atoms with van der Waals surface area (Å²) in [7, 11) is 0. The van der Waals surface area contributed by atoms with Gasteiger partial charge >= 0.3 is 0 Å². The third-order valence-corrected chi connectivity index (χ3v) is 3.85. The van der Waals surface area contributed by atoms with Gasteiger partial charge in [-0.25, -0.2) is 0 Å². The molecule has 0 heterocycles. The van der Waals surface area contributed by atoms with Crippen LogP contribution >= 0.6 is 24.2 Å². The molecule has 2 rings (SSSR count). The van der Waals surface area contributed by atoms with Gasteiger partial charge in [0.05, 0.1) is 0 Å². The standard InChI is InChI=1S/C13H19NS.ClH/c1-15-13-8-6-11(7-9-13)10-14-12-4-2-3-5-12;/h6-9,12,14H,2-5,10H2,1H3;1H. The van der Waals surface area contributed by atoms with E-state index >= 15 is 0 Å². The van der Waals surface area contributed by atoms with Gasteiger partial charge in [0.25, 0.3) is 0 Å². The molecule has 1 fully saturated rings. The first-order chi connectivity index (χ1) is 7.38. The van der Waals surface area contributed by atoms with Gasteiger partial charge in [-0.05, 0) is 36.8 Å². The highest BCUT2D eigenvalue weighted by atomic mass is 35.5. The third-order valence-electron chi connectivity index (χ3n) is 3.11. The average molecular weight is 258 g/mol. The second kappa shape index (κ2) is 7.21. The first kappa shape index (κ1) is 13.9. The fourth-order valence-electron chi connectivity index (χ4n) is 2.14. The number of hydrogen-bond acceptors (Lipinski definition) is 2. The molecule has 90 valence electrons. The molecule has 1 aromatic rings. The molecule has 0 radical (unpaired) electrons. The number of thioether (sulfide) groups is 1. The lowest BCUT2D eigenvalue weighted by Crippen LogP contribution is -2.25. The maximum Gasteiger partial charge on any atom is 0.0208 e. The van der Waals surface area contributed by atoms with Crippen molar-refractivity contribution in [1.82, 2.24) is 5.32 Å². The molecule has 0 aliphatic heterocycles. The minimum absolute atomic E-state index is 0. The van der Waals surface area contributed by atoms with Crippen LogP contribution in [0.5, 0.6) is 0 Å². The van der Waals surface area contributed by atoms with Crippen molar-refractivity contribution in [3.63, 3.8) is 0 Å². The minimum Gasteiger partial charge on any atom is -0.310 e. The molecule has 3 heteroatoms. The molecule has 0 saturated heterocycles. The quantitative estimate of drug-likeness (QED) is 0.822. The summed E-state index contributed by atoms with van der Waals surface area (Å²) in [4.78, 5) is 1.35. The lowest BCUT2D eigenvalue weighted by atomic mass is 10.2. The predicted octanol–water partition coefficient (Wildman–Crippen LogP) is 3.86. The number of halogens is 1. The molecule has 1 saturated carbocycles. The van der Waals surface area contributed by atoms with Crippen molar-refractivity contribution in [3.05, 3.63) is 29.8 Å². The maximum absolute atomic E-state index is 3.63. The molecular weight excluding hydrogens is 238 g/mol. The second-order valence-corrected chi connectivity index (χ2v) is 5.09. The summed E-state index contributed by atoms with van der Waals surface area (Å²) in [6, 6.07) is 9.64. The van der Waals surface area contributed by atoms with Crippen LogP contribution in [0, 0.1) is 0 Å². The van der Waals surface area contributed by atoms with E-state index in [1.54, 1.807) is 11.8 Å². The Balaban J connectivity index is 0.00000128. The first-order valence-electron chi connectivity index (χ1n) is 5.75. The molecule has 0 amide bonds. The van der Waals surface area contributed by atoms with E-state index < -0.39 is 0 Å².